The van der Waals surface area contributed by atoms with E-state index in [1.54, 1.807) is 14.2 Å². The molecule has 2 aromatic carbocycles. The summed E-state index contributed by atoms with van der Waals surface area (Å²) in [5.41, 5.74) is 8.23. The smallest absolute Gasteiger partial charge is 0.164 e. The van der Waals surface area contributed by atoms with Gasteiger partial charge in [0.1, 0.15) is 12.4 Å². The van der Waals surface area contributed by atoms with E-state index in [0.717, 1.165) is 23.3 Å². The summed E-state index contributed by atoms with van der Waals surface area (Å²) in [6, 6.07) is 13.7. The standard InChI is InChI=1S/C18H23NO3.ClH/c1-4-15(19)14-10-17(20-2)18(21-3)11-16(14)22-12-13-8-6-5-7-9-13;/h5-11,15H,4,12,19H2,1-3H3;1H/t15-;/m0./s1. The fourth-order valence-corrected chi connectivity index (χ4v) is 2.25. The van der Waals surface area contributed by atoms with Crippen molar-refractivity contribution in [2.24, 2.45) is 5.73 Å². The van der Waals surface area contributed by atoms with E-state index in [1.165, 1.54) is 0 Å². The Morgan fingerprint density at radius 3 is 2.13 bits per heavy atom. The van der Waals surface area contributed by atoms with Gasteiger partial charge in [-0.15, -0.1) is 12.4 Å². The first kappa shape index (κ1) is 19.1. The second-order valence-corrected chi connectivity index (χ2v) is 5.03. The first-order valence-corrected chi connectivity index (χ1v) is 7.37. The van der Waals surface area contributed by atoms with Crippen molar-refractivity contribution in [2.45, 2.75) is 26.0 Å². The Labute approximate surface area is 144 Å². The number of rotatable bonds is 7. The minimum absolute atomic E-state index is 0. The summed E-state index contributed by atoms with van der Waals surface area (Å²) < 4.78 is 16.7. The summed E-state index contributed by atoms with van der Waals surface area (Å²) in [7, 11) is 3.22. The summed E-state index contributed by atoms with van der Waals surface area (Å²) in [6.45, 7) is 2.53. The second-order valence-electron chi connectivity index (χ2n) is 5.03. The van der Waals surface area contributed by atoms with Crippen LogP contribution in [-0.4, -0.2) is 14.2 Å². The molecule has 23 heavy (non-hydrogen) atoms. The third kappa shape index (κ3) is 4.78. The minimum atomic E-state index is -0.106. The summed E-state index contributed by atoms with van der Waals surface area (Å²) in [6.07, 6.45) is 0.817. The van der Waals surface area contributed by atoms with Crippen LogP contribution >= 0.6 is 12.4 Å². The SMILES string of the molecule is CC[C@H](N)c1cc(OC)c(OC)cc1OCc1ccccc1.Cl. The topological polar surface area (TPSA) is 53.7 Å². The third-order valence-corrected chi connectivity index (χ3v) is 3.59. The van der Waals surface area contributed by atoms with Crippen LogP contribution in [0.15, 0.2) is 42.5 Å². The summed E-state index contributed by atoms with van der Waals surface area (Å²) in [5, 5.41) is 0. The number of hydrogen-bond acceptors (Lipinski definition) is 4. The highest BCUT2D eigenvalue weighted by molar-refractivity contribution is 5.85. The third-order valence-electron chi connectivity index (χ3n) is 3.59. The summed E-state index contributed by atoms with van der Waals surface area (Å²) in [4.78, 5) is 0. The molecule has 4 nitrogen and oxygen atoms in total. The Hall–Kier alpha value is -1.91. The predicted octanol–water partition coefficient (Wildman–Crippen LogP) is 4.11. The Morgan fingerprint density at radius 1 is 0.957 bits per heavy atom. The van der Waals surface area contributed by atoms with Crippen LogP contribution in [0.25, 0.3) is 0 Å². The van der Waals surface area contributed by atoms with Gasteiger partial charge in [0.15, 0.2) is 11.5 Å². The number of halogens is 1. The van der Waals surface area contributed by atoms with Crippen molar-refractivity contribution in [2.75, 3.05) is 14.2 Å². The Kier molecular flexibility index (Phi) is 7.72. The molecule has 126 valence electrons. The first-order chi connectivity index (χ1) is 10.7. The maximum atomic E-state index is 6.20. The van der Waals surface area contributed by atoms with Crippen LogP contribution < -0.4 is 19.9 Å². The highest BCUT2D eigenvalue weighted by atomic mass is 35.5. The molecule has 0 aromatic heterocycles. The molecule has 0 saturated carbocycles. The quantitative estimate of drug-likeness (QED) is 0.826. The maximum absolute atomic E-state index is 6.20. The van der Waals surface area contributed by atoms with Gasteiger partial charge in [-0.25, -0.2) is 0 Å². The van der Waals surface area contributed by atoms with Crippen LogP contribution in [0.5, 0.6) is 17.2 Å². The van der Waals surface area contributed by atoms with Crippen molar-refractivity contribution in [3.05, 3.63) is 53.6 Å². The van der Waals surface area contributed by atoms with E-state index in [2.05, 4.69) is 0 Å². The van der Waals surface area contributed by atoms with Gasteiger partial charge in [0.2, 0.25) is 0 Å². The van der Waals surface area contributed by atoms with E-state index in [1.807, 2.05) is 49.4 Å². The van der Waals surface area contributed by atoms with Crippen molar-refractivity contribution in [1.82, 2.24) is 0 Å². The normalized spacial score (nSPS) is 11.3. The molecule has 1 atom stereocenters. The molecule has 0 aliphatic rings. The average molecular weight is 338 g/mol. The molecule has 0 bridgehead atoms. The highest BCUT2D eigenvalue weighted by Crippen LogP contribution is 2.38. The molecule has 0 aliphatic carbocycles. The lowest BCUT2D eigenvalue weighted by atomic mass is 10.0. The Bertz CT molecular complexity index is 605. The average Bonchev–Trinajstić information content (AvgIpc) is 2.59. The number of ether oxygens (including phenoxy) is 3. The van der Waals surface area contributed by atoms with Gasteiger partial charge in [0.25, 0.3) is 0 Å². The van der Waals surface area contributed by atoms with Gasteiger partial charge in [-0.3, -0.25) is 0 Å². The molecular formula is C18H24ClNO3. The van der Waals surface area contributed by atoms with E-state index in [0.29, 0.717) is 18.1 Å². The predicted molar refractivity (Wildman–Crippen MR) is 94.8 cm³/mol. The van der Waals surface area contributed by atoms with Crippen molar-refractivity contribution >= 4 is 12.4 Å². The van der Waals surface area contributed by atoms with Gasteiger partial charge in [0, 0.05) is 17.7 Å². The molecular weight excluding hydrogens is 314 g/mol. The lowest BCUT2D eigenvalue weighted by Gasteiger charge is -2.19. The van der Waals surface area contributed by atoms with Gasteiger partial charge in [0.05, 0.1) is 14.2 Å². The first-order valence-electron chi connectivity index (χ1n) is 7.37. The molecule has 0 fully saturated rings. The Morgan fingerprint density at radius 2 is 1.57 bits per heavy atom. The molecule has 0 heterocycles. The Balaban J connectivity index is 0.00000264. The van der Waals surface area contributed by atoms with Crippen molar-refractivity contribution in [3.8, 4) is 17.2 Å². The molecule has 0 unspecified atom stereocenters. The van der Waals surface area contributed by atoms with E-state index >= 15 is 0 Å². The molecule has 5 heteroatoms. The second kappa shape index (κ2) is 9.28. The number of methoxy groups -OCH3 is 2. The molecule has 0 aliphatic heterocycles. The summed E-state index contributed by atoms with van der Waals surface area (Å²) >= 11 is 0. The van der Waals surface area contributed by atoms with Crippen molar-refractivity contribution in [1.29, 1.82) is 0 Å². The fraction of sp³-hybridized carbons (Fsp3) is 0.333. The van der Waals surface area contributed by atoms with E-state index in [4.69, 9.17) is 19.9 Å². The zero-order chi connectivity index (χ0) is 15.9. The van der Waals surface area contributed by atoms with Crippen LogP contribution in [0.4, 0.5) is 0 Å². The van der Waals surface area contributed by atoms with E-state index < -0.39 is 0 Å². The van der Waals surface area contributed by atoms with E-state index in [9.17, 15) is 0 Å². The van der Waals surface area contributed by atoms with Crippen LogP contribution in [0, 0.1) is 0 Å². The number of nitrogens with two attached hydrogens (primary N) is 1. The van der Waals surface area contributed by atoms with E-state index in [-0.39, 0.29) is 18.4 Å². The lowest BCUT2D eigenvalue weighted by molar-refractivity contribution is 0.294. The zero-order valence-electron chi connectivity index (χ0n) is 13.7. The van der Waals surface area contributed by atoms with Crippen LogP contribution in [0.3, 0.4) is 0 Å². The molecule has 2 N–H and O–H groups in total. The molecule has 0 amide bonds. The number of benzene rings is 2. The number of hydrogen-bond donors (Lipinski definition) is 1. The summed E-state index contributed by atoms with van der Waals surface area (Å²) in [5.74, 6) is 2.03. The van der Waals surface area contributed by atoms with Gasteiger partial charge >= 0.3 is 0 Å². The van der Waals surface area contributed by atoms with Gasteiger partial charge in [-0.1, -0.05) is 37.3 Å². The van der Waals surface area contributed by atoms with Crippen LogP contribution in [0.2, 0.25) is 0 Å². The van der Waals surface area contributed by atoms with Gasteiger partial charge in [-0.2, -0.15) is 0 Å². The maximum Gasteiger partial charge on any atom is 0.164 e. The highest BCUT2D eigenvalue weighted by Gasteiger charge is 2.16. The largest absolute Gasteiger partial charge is 0.493 e. The van der Waals surface area contributed by atoms with Crippen molar-refractivity contribution in [3.63, 3.8) is 0 Å². The van der Waals surface area contributed by atoms with Gasteiger partial charge < -0.3 is 19.9 Å². The molecule has 0 saturated heterocycles. The van der Waals surface area contributed by atoms with Gasteiger partial charge in [-0.05, 0) is 18.1 Å². The zero-order valence-corrected chi connectivity index (χ0v) is 14.6. The molecule has 0 radical (unpaired) electrons. The molecule has 2 aromatic rings. The molecule has 2 rings (SSSR count). The minimum Gasteiger partial charge on any atom is -0.493 e. The fourth-order valence-electron chi connectivity index (χ4n) is 2.25. The monoisotopic (exact) mass is 337 g/mol. The van der Waals surface area contributed by atoms with Crippen molar-refractivity contribution < 1.29 is 14.2 Å². The van der Waals surface area contributed by atoms with Crippen LogP contribution in [-0.2, 0) is 6.61 Å². The lowest BCUT2D eigenvalue weighted by Crippen LogP contribution is -2.11. The van der Waals surface area contributed by atoms with Crippen LogP contribution in [0.1, 0.15) is 30.5 Å². The molecule has 0 spiro atoms.